The first-order valence-corrected chi connectivity index (χ1v) is 7.20. The fourth-order valence-corrected chi connectivity index (χ4v) is 2.83. The van der Waals surface area contributed by atoms with Gasteiger partial charge < -0.3 is 10.1 Å². The minimum atomic E-state index is -0.118. The van der Waals surface area contributed by atoms with Crippen LogP contribution in [0, 0.1) is 0 Å². The van der Waals surface area contributed by atoms with Gasteiger partial charge in [-0.25, -0.2) is 0 Å². The molecule has 0 saturated heterocycles. The number of fused-ring (bicyclic) bond motifs is 2. The summed E-state index contributed by atoms with van der Waals surface area (Å²) in [7, 11) is 1.59. The highest BCUT2D eigenvalue weighted by molar-refractivity contribution is 6.11. The molecule has 0 atom stereocenters. The van der Waals surface area contributed by atoms with Crippen LogP contribution in [-0.4, -0.2) is 18.8 Å². The second-order valence-corrected chi connectivity index (χ2v) is 5.41. The van der Waals surface area contributed by atoms with Crippen molar-refractivity contribution < 1.29 is 14.3 Å². The second-order valence-electron chi connectivity index (χ2n) is 5.41. The molecular weight excluding hydrogens is 278 g/mol. The average molecular weight is 295 g/mol. The van der Waals surface area contributed by atoms with Crippen LogP contribution in [0.25, 0.3) is 0 Å². The molecule has 0 aliphatic heterocycles. The Hall–Kier alpha value is -2.62. The fourth-order valence-electron chi connectivity index (χ4n) is 2.83. The van der Waals surface area contributed by atoms with E-state index in [0.717, 1.165) is 29.7 Å². The number of methoxy groups -OCH3 is 1. The van der Waals surface area contributed by atoms with Crippen LogP contribution in [-0.2, 0) is 17.6 Å². The third-order valence-electron chi connectivity index (χ3n) is 3.90. The van der Waals surface area contributed by atoms with E-state index in [1.54, 1.807) is 25.3 Å². The molecule has 22 heavy (non-hydrogen) atoms. The fraction of sp³-hybridized carbons (Fsp3) is 0.222. The van der Waals surface area contributed by atoms with Crippen LogP contribution < -0.4 is 10.1 Å². The van der Waals surface area contributed by atoms with Crippen LogP contribution in [0.1, 0.15) is 34.0 Å². The molecule has 0 saturated carbocycles. The Bertz CT molecular complexity index is 765. The largest absolute Gasteiger partial charge is 0.497 e. The van der Waals surface area contributed by atoms with Gasteiger partial charge in [0.25, 0.3) is 0 Å². The molecule has 2 aromatic carbocycles. The molecule has 4 heteroatoms. The van der Waals surface area contributed by atoms with E-state index in [-0.39, 0.29) is 11.7 Å². The normalized spacial score (nSPS) is 12.9. The second kappa shape index (κ2) is 5.64. The van der Waals surface area contributed by atoms with E-state index < -0.39 is 0 Å². The molecule has 0 spiro atoms. The summed E-state index contributed by atoms with van der Waals surface area (Å²) in [6.07, 6.45) is 1.56. The number of aryl methyl sites for hydroxylation is 2. The maximum absolute atomic E-state index is 12.8. The van der Waals surface area contributed by atoms with E-state index in [4.69, 9.17) is 4.74 Å². The molecule has 1 N–H and O–H groups in total. The third-order valence-corrected chi connectivity index (χ3v) is 3.90. The minimum Gasteiger partial charge on any atom is -0.497 e. The standard InChI is InChI=1S/C18H17NO3/c1-11(20)19-14-6-8-16-13(9-14)4-3-12-5-7-15(22-2)10-17(12)18(16)21/h5-10H,3-4H2,1-2H3,(H,19,20). The van der Waals surface area contributed by atoms with Crippen LogP contribution in [0.15, 0.2) is 36.4 Å². The third kappa shape index (κ3) is 2.60. The minimum absolute atomic E-state index is 0.00998. The smallest absolute Gasteiger partial charge is 0.221 e. The van der Waals surface area contributed by atoms with Gasteiger partial charge in [0.2, 0.25) is 5.91 Å². The number of carbonyl (C=O) groups excluding carboxylic acids is 2. The Kier molecular flexibility index (Phi) is 3.67. The van der Waals surface area contributed by atoms with Gasteiger partial charge in [-0.3, -0.25) is 9.59 Å². The van der Waals surface area contributed by atoms with Crippen molar-refractivity contribution >= 4 is 17.4 Å². The Labute approximate surface area is 129 Å². The molecule has 1 aliphatic carbocycles. The first kappa shape index (κ1) is 14.3. The van der Waals surface area contributed by atoms with Crippen molar-refractivity contribution in [2.75, 3.05) is 12.4 Å². The van der Waals surface area contributed by atoms with Gasteiger partial charge in [0, 0.05) is 23.7 Å². The van der Waals surface area contributed by atoms with Gasteiger partial charge in [0.1, 0.15) is 5.75 Å². The molecule has 0 aromatic heterocycles. The van der Waals surface area contributed by atoms with Gasteiger partial charge in [0.15, 0.2) is 5.78 Å². The number of nitrogens with one attached hydrogen (secondary N) is 1. The van der Waals surface area contributed by atoms with Crippen LogP contribution in [0.4, 0.5) is 5.69 Å². The van der Waals surface area contributed by atoms with Crippen molar-refractivity contribution in [3.05, 3.63) is 58.7 Å². The maximum Gasteiger partial charge on any atom is 0.221 e. The summed E-state index contributed by atoms with van der Waals surface area (Å²) in [5, 5.41) is 2.76. The average Bonchev–Trinajstić information content (AvgIpc) is 2.64. The topological polar surface area (TPSA) is 55.4 Å². The van der Waals surface area contributed by atoms with Gasteiger partial charge in [-0.15, -0.1) is 0 Å². The Morgan fingerprint density at radius 3 is 2.55 bits per heavy atom. The first-order valence-electron chi connectivity index (χ1n) is 7.20. The van der Waals surface area contributed by atoms with Gasteiger partial charge in [0.05, 0.1) is 7.11 Å². The number of ketones is 1. The van der Waals surface area contributed by atoms with Crippen molar-refractivity contribution in [3.63, 3.8) is 0 Å². The lowest BCUT2D eigenvalue weighted by Crippen LogP contribution is -2.08. The molecule has 0 heterocycles. The van der Waals surface area contributed by atoms with Gasteiger partial charge in [-0.05, 0) is 54.3 Å². The molecule has 0 radical (unpaired) electrons. The number of carbonyl (C=O) groups is 2. The monoisotopic (exact) mass is 295 g/mol. The number of benzene rings is 2. The zero-order chi connectivity index (χ0) is 15.7. The van der Waals surface area contributed by atoms with Crippen molar-refractivity contribution in [1.29, 1.82) is 0 Å². The molecular formula is C18H17NO3. The van der Waals surface area contributed by atoms with E-state index in [9.17, 15) is 9.59 Å². The molecule has 1 aliphatic rings. The predicted octanol–water partition coefficient (Wildman–Crippen LogP) is 2.98. The number of hydrogen-bond acceptors (Lipinski definition) is 3. The van der Waals surface area contributed by atoms with Gasteiger partial charge >= 0.3 is 0 Å². The highest BCUT2D eigenvalue weighted by Crippen LogP contribution is 2.29. The van der Waals surface area contributed by atoms with Crippen molar-refractivity contribution in [2.45, 2.75) is 19.8 Å². The number of amides is 1. The summed E-state index contributed by atoms with van der Waals surface area (Å²) in [5.74, 6) is 0.578. The van der Waals surface area contributed by atoms with Crippen LogP contribution >= 0.6 is 0 Å². The summed E-state index contributed by atoms with van der Waals surface area (Å²) < 4.78 is 5.22. The summed E-state index contributed by atoms with van der Waals surface area (Å²) in [4.78, 5) is 24.0. The number of hydrogen-bond donors (Lipinski definition) is 1. The van der Waals surface area contributed by atoms with E-state index >= 15 is 0 Å². The quantitative estimate of drug-likeness (QED) is 0.926. The lowest BCUT2D eigenvalue weighted by atomic mass is 9.98. The Morgan fingerprint density at radius 1 is 1.05 bits per heavy atom. The van der Waals surface area contributed by atoms with Crippen LogP contribution in [0.3, 0.4) is 0 Å². The lowest BCUT2D eigenvalue weighted by Gasteiger charge is -2.09. The van der Waals surface area contributed by atoms with Crippen molar-refractivity contribution in [3.8, 4) is 5.75 Å². The van der Waals surface area contributed by atoms with Crippen LogP contribution in [0.5, 0.6) is 5.75 Å². The molecule has 4 nitrogen and oxygen atoms in total. The summed E-state index contributed by atoms with van der Waals surface area (Å²) in [6, 6.07) is 11.1. The molecule has 3 rings (SSSR count). The predicted molar refractivity (Wildman–Crippen MR) is 84.6 cm³/mol. The summed E-state index contributed by atoms with van der Waals surface area (Å²) in [5.41, 5.74) is 4.11. The first-order chi connectivity index (χ1) is 10.6. The number of rotatable bonds is 2. The Morgan fingerprint density at radius 2 is 1.82 bits per heavy atom. The number of anilines is 1. The molecule has 112 valence electrons. The van der Waals surface area contributed by atoms with Crippen molar-refractivity contribution in [2.24, 2.45) is 0 Å². The zero-order valence-corrected chi connectivity index (χ0v) is 12.6. The summed E-state index contributed by atoms with van der Waals surface area (Å²) in [6.45, 7) is 1.47. The Balaban J connectivity index is 2.04. The van der Waals surface area contributed by atoms with E-state index in [0.29, 0.717) is 16.9 Å². The number of ether oxygens (including phenoxy) is 1. The molecule has 0 fully saturated rings. The van der Waals surface area contributed by atoms with E-state index in [1.165, 1.54) is 6.92 Å². The van der Waals surface area contributed by atoms with Crippen molar-refractivity contribution in [1.82, 2.24) is 0 Å². The molecule has 1 amide bonds. The highest BCUT2D eigenvalue weighted by Gasteiger charge is 2.22. The lowest BCUT2D eigenvalue weighted by molar-refractivity contribution is -0.114. The highest BCUT2D eigenvalue weighted by atomic mass is 16.5. The molecule has 0 bridgehead atoms. The zero-order valence-electron chi connectivity index (χ0n) is 12.6. The SMILES string of the molecule is COc1ccc2c(c1)C(=O)c1ccc(NC(C)=O)cc1CC2. The van der Waals surface area contributed by atoms with E-state index in [2.05, 4.69) is 5.32 Å². The van der Waals surface area contributed by atoms with E-state index in [1.807, 2.05) is 18.2 Å². The maximum atomic E-state index is 12.8. The van der Waals surface area contributed by atoms with Crippen LogP contribution in [0.2, 0.25) is 0 Å². The van der Waals surface area contributed by atoms with Gasteiger partial charge in [-0.2, -0.15) is 0 Å². The van der Waals surface area contributed by atoms with Gasteiger partial charge in [-0.1, -0.05) is 6.07 Å². The molecule has 2 aromatic rings. The summed E-state index contributed by atoms with van der Waals surface area (Å²) >= 11 is 0. The molecule has 0 unspecified atom stereocenters.